The van der Waals surface area contributed by atoms with Gasteiger partial charge in [-0.15, -0.1) is 0 Å². The van der Waals surface area contributed by atoms with E-state index in [0.29, 0.717) is 18.2 Å². The Morgan fingerprint density at radius 3 is 2.69 bits per heavy atom. The molecule has 2 nitrogen and oxygen atoms in total. The zero-order valence-corrected chi connectivity index (χ0v) is 9.78. The van der Waals surface area contributed by atoms with Crippen molar-refractivity contribution in [3.8, 4) is 0 Å². The third-order valence-corrected chi connectivity index (χ3v) is 4.04. The highest BCUT2D eigenvalue weighted by Gasteiger charge is 2.40. The molecule has 3 rings (SSSR count). The number of hydrogen-bond acceptors (Lipinski definition) is 2. The van der Waals surface area contributed by atoms with E-state index >= 15 is 0 Å². The summed E-state index contributed by atoms with van der Waals surface area (Å²) in [6.45, 7) is 2.66. The van der Waals surface area contributed by atoms with E-state index in [4.69, 9.17) is 11.6 Å². The van der Waals surface area contributed by atoms with Gasteiger partial charge in [0.1, 0.15) is 0 Å². The Balaban J connectivity index is 1.89. The summed E-state index contributed by atoms with van der Waals surface area (Å²) in [6.07, 6.45) is 1.10. The van der Waals surface area contributed by atoms with Crippen LogP contribution in [0.15, 0.2) is 24.3 Å². The number of piperidine rings is 1. The number of fused-ring (bicyclic) bond motifs is 2. The average molecular weight is 236 g/mol. The van der Waals surface area contributed by atoms with Gasteiger partial charge in [-0.1, -0.05) is 23.7 Å². The second-order valence-electron chi connectivity index (χ2n) is 4.75. The maximum absolute atomic E-state index is 11.8. The van der Waals surface area contributed by atoms with Crippen LogP contribution in [0.25, 0.3) is 0 Å². The zero-order valence-electron chi connectivity index (χ0n) is 9.03. The van der Waals surface area contributed by atoms with Crippen molar-refractivity contribution in [1.29, 1.82) is 0 Å². The summed E-state index contributed by atoms with van der Waals surface area (Å²) in [5.41, 5.74) is 1.27. The summed E-state index contributed by atoms with van der Waals surface area (Å²) in [4.78, 5) is 14.1. The second-order valence-corrected chi connectivity index (χ2v) is 5.19. The molecular weight excluding hydrogens is 222 g/mol. The molecule has 0 radical (unpaired) electrons. The van der Waals surface area contributed by atoms with E-state index in [2.05, 4.69) is 17.0 Å². The van der Waals surface area contributed by atoms with E-state index in [-0.39, 0.29) is 5.92 Å². The molecule has 2 bridgehead atoms. The van der Waals surface area contributed by atoms with Crippen molar-refractivity contribution in [2.75, 3.05) is 19.6 Å². The predicted molar refractivity (Wildman–Crippen MR) is 63.7 cm³/mol. The highest BCUT2D eigenvalue weighted by molar-refractivity contribution is 6.30. The first-order valence-corrected chi connectivity index (χ1v) is 6.12. The van der Waals surface area contributed by atoms with Crippen LogP contribution in [0.1, 0.15) is 17.9 Å². The minimum absolute atomic E-state index is 0.218. The zero-order chi connectivity index (χ0) is 11.1. The van der Waals surface area contributed by atoms with Gasteiger partial charge in [-0.05, 0) is 36.6 Å². The molecular formula is C13H14ClNO. The highest BCUT2D eigenvalue weighted by Crippen LogP contribution is 2.37. The Kier molecular flexibility index (Phi) is 2.49. The van der Waals surface area contributed by atoms with E-state index in [1.807, 2.05) is 12.1 Å². The lowest BCUT2D eigenvalue weighted by Crippen LogP contribution is -2.31. The monoisotopic (exact) mass is 235 g/mol. The quantitative estimate of drug-likeness (QED) is 0.745. The van der Waals surface area contributed by atoms with Gasteiger partial charge in [-0.3, -0.25) is 9.69 Å². The van der Waals surface area contributed by atoms with Crippen LogP contribution in [0.5, 0.6) is 0 Å². The smallest absolute Gasteiger partial charge is 0.151 e. The third kappa shape index (κ3) is 1.66. The molecule has 0 aromatic heterocycles. The lowest BCUT2D eigenvalue weighted by molar-refractivity contribution is -0.120. The van der Waals surface area contributed by atoms with Gasteiger partial charge in [0, 0.05) is 17.5 Å². The van der Waals surface area contributed by atoms with Gasteiger partial charge in [0.25, 0.3) is 0 Å². The molecule has 3 atom stereocenters. The van der Waals surface area contributed by atoms with Crippen molar-refractivity contribution in [3.05, 3.63) is 34.9 Å². The molecule has 16 heavy (non-hydrogen) atoms. The molecule has 84 valence electrons. The second kappa shape index (κ2) is 3.86. The molecule has 0 aliphatic carbocycles. The molecule has 2 heterocycles. The van der Waals surface area contributed by atoms with Gasteiger partial charge < -0.3 is 0 Å². The molecule has 3 heteroatoms. The number of carbonyl (C=O) groups is 1. The Morgan fingerprint density at radius 2 is 1.94 bits per heavy atom. The summed E-state index contributed by atoms with van der Waals surface area (Å²) in [5.74, 6) is 1.04. The van der Waals surface area contributed by atoms with Gasteiger partial charge >= 0.3 is 0 Å². The molecule has 0 saturated carbocycles. The number of halogens is 1. The normalized spacial score (nSPS) is 33.1. The maximum Gasteiger partial charge on any atom is 0.151 e. The van der Waals surface area contributed by atoms with Crippen LogP contribution in [0.2, 0.25) is 5.02 Å². The van der Waals surface area contributed by atoms with Crippen molar-refractivity contribution in [3.63, 3.8) is 0 Å². The van der Waals surface area contributed by atoms with Gasteiger partial charge in [0.05, 0.1) is 6.54 Å². The summed E-state index contributed by atoms with van der Waals surface area (Å²) in [5, 5.41) is 0.763. The molecule has 2 aliphatic heterocycles. The predicted octanol–water partition coefficient (Wildman–Crippen LogP) is 2.33. The number of rotatable bonds is 1. The number of hydrogen-bond donors (Lipinski definition) is 0. The average Bonchev–Trinajstić information content (AvgIpc) is 2.57. The first-order valence-electron chi connectivity index (χ1n) is 5.74. The topological polar surface area (TPSA) is 20.3 Å². The molecule has 0 spiro atoms. The number of benzene rings is 1. The van der Waals surface area contributed by atoms with E-state index < -0.39 is 0 Å². The lowest BCUT2D eigenvalue weighted by Gasteiger charge is -2.29. The van der Waals surface area contributed by atoms with Crippen LogP contribution < -0.4 is 0 Å². The largest absolute Gasteiger partial charge is 0.298 e. The number of ketones is 1. The molecule has 1 unspecified atom stereocenters. The van der Waals surface area contributed by atoms with Crippen LogP contribution in [-0.4, -0.2) is 30.3 Å². The van der Waals surface area contributed by atoms with Gasteiger partial charge in [-0.25, -0.2) is 0 Å². The van der Waals surface area contributed by atoms with Gasteiger partial charge in [-0.2, -0.15) is 0 Å². The van der Waals surface area contributed by atoms with Crippen molar-refractivity contribution in [2.24, 2.45) is 5.92 Å². The molecule has 2 fully saturated rings. The van der Waals surface area contributed by atoms with Crippen LogP contribution in [0.3, 0.4) is 0 Å². The highest BCUT2D eigenvalue weighted by atomic mass is 35.5. The Labute approximate surface area is 100 Å². The fourth-order valence-corrected chi connectivity index (χ4v) is 3.06. The minimum atomic E-state index is 0.218. The van der Waals surface area contributed by atoms with Crippen LogP contribution in [0.4, 0.5) is 0 Å². The van der Waals surface area contributed by atoms with E-state index in [0.717, 1.165) is 24.5 Å². The number of Topliss-reactive ketones (excluding diaryl/α,β-unsaturated/α-hetero) is 1. The van der Waals surface area contributed by atoms with Crippen molar-refractivity contribution < 1.29 is 4.79 Å². The Bertz CT molecular complexity index is 414. The van der Waals surface area contributed by atoms with Gasteiger partial charge in [0.2, 0.25) is 0 Å². The molecule has 1 aromatic carbocycles. The van der Waals surface area contributed by atoms with Crippen molar-refractivity contribution in [2.45, 2.75) is 12.3 Å². The molecule has 2 aliphatic rings. The first-order chi connectivity index (χ1) is 7.74. The fourth-order valence-electron chi connectivity index (χ4n) is 2.94. The minimum Gasteiger partial charge on any atom is -0.298 e. The summed E-state index contributed by atoms with van der Waals surface area (Å²) >= 11 is 5.88. The molecule has 0 amide bonds. The van der Waals surface area contributed by atoms with E-state index in [1.54, 1.807) is 0 Å². The van der Waals surface area contributed by atoms with Crippen LogP contribution in [-0.2, 0) is 4.79 Å². The van der Waals surface area contributed by atoms with Crippen LogP contribution >= 0.6 is 11.6 Å². The molecule has 0 N–H and O–H groups in total. The fraction of sp³-hybridized carbons (Fsp3) is 0.462. The molecule has 2 saturated heterocycles. The number of nitrogens with zero attached hydrogens (tertiary/aromatic N) is 1. The van der Waals surface area contributed by atoms with Crippen molar-refractivity contribution >= 4 is 17.4 Å². The van der Waals surface area contributed by atoms with Crippen molar-refractivity contribution in [1.82, 2.24) is 4.90 Å². The number of carbonyl (C=O) groups excluding carboxylic acids is 1. The van der Waals surface area contributed by atoms with Crippen LogP contribution in [0, 0.1) is 5.92 Å². The maximum atomic E-state index is 11.8. The molecule has 1 aromatic rings. The Morgan fingerprint density at radius 1 is 1.19 bits per heavy atom. The van der Waals surface area contributed by atoms with E-state index in [1.165, 1.54) is 5.56 Å². The summed E-state index contributed by atoms with van der Waals surface area (Å²) < 4.78 is 0. The van der Waals surface area contributed by atoms with E-state index in [9.17, 15) is 4.79 Å². The SMILES string of the molecule is O=C1CN2CC[C@H](c3ccc(Cl)cc3)[C@@H]1C2. The lowest BCUT2D eigenvalue weighted by atomic mass is 9.81. The van der Waals surface area contributed by atoms with Gasteiger partial charge in [0.15, 0.2) is 5.78 Å². The Hall–Kier alpha value is -0.860. The summed E-state index contributed by atoms with van der Waals surface area (Å²) in [7, 11) is 0. The standard InChI is InChI=1S/C13H14ClNO/c14-10-3-1-9(2-4-10)11-5-6-15-7-12(11)13(16)8-15/h1-4,11-12H,5-8H2/t11-,12+/m1/s1. The summed E-state index contributed by atoms with van der Waals surface area (Å²) in [6, 6.07) is 7.97. The first kappa shape index (κ1) is 10.3. The third-order valence-electron chi connectivity index (χ3n) is 3.79.